The van der Waals surface area contributed by atoms with Crippen LogP contribution in [0.4, 0.5) is 0 Å². The van der Waals surface area contributed by atoms with E-state index in [-0.39, 0.29) is 11.8 Å². The average molecular weight is 316 g/mol. The lowest BCUT2D eigenvalue weighted by molar-refractivity contribution is 0.0792. The van der Waals surface area contributed by atoms with Gasteiger partial charge in [-0.1, -0.05) is 32.6 Å². The van der Waals surface area contributed by atoms with E-state index >= 15 is 0 Å². The Morgan fingerprint density at radius 2 is 1.70 bits per heavy atom. The van der Waals surface area contributed by atoms with Gasteiger partial charge in [-0.15, -0.1) is 0 Å². The van der Waals surface area contributed by atoms with Crippen molar-refractivity contribution in [3.05, 3.63) is 35.4 Å². The minimum absolute atomic E-state index is 0.0117. The highest BCUT2D eigenvalue weighted by molar-refractivity contribution is 5.97. The largest absolute Gasteiger partial charge is 0.349 e. The molecule has 1 aliphatic carbocycles. The summed E-state index contributed by atoms with van der Waals surface area (Å²) in [5, 5.41) is 3.10. The molecule has 4 nitrogen and oxygen atoms in total. The molecular weight excluding hydrogens is 288 g/mol. The van der Waals surface area contributed by atoms with Gasteiger partial charge in [-0.25, -0.2) is 0 Å². The van der Waals surface area contributed by atoms with Crippen LogP contribution >= 0.6 is 0 Å². The molecule has 0 bridgehead atoms. The quantitative estimate of drug-likeness (QED) is 0.871. The molecule has 0 saturated heterocycles. The highest BCUT2D eigenvalue weighted by Gasteiger charge is 2.17. The normalized spacial score (nSPS) is 15.2. The van der Waals surface area contributed by atoms with Crippen LogP contribution in [0.1, 0.15) is 72.6 Å². The van der Waals surface area contributed by atoms with Crippen LogP contribution in [0, 0.1) is 0 Å². The summed E-state index contributed by atoms with van der Waals surface area (Å²) < 4.78 is 0. The molecular formula is C19H28N2O2. The van der Waals surface area contributed by atoms with E-state index in [2.05, 4.69) is 12.2 Å². The smallest absolute Gasteiger partial charge is 0.253 e. The van der Waals surface area contributed by atoms with Gasteiger partial charge >= 0.3 is 0 Å². The second-order valence-electron chi connectivity index (χ2n) is 6.47. The van der Waals surface area contributed by atoms with E-state index < -0.39 is 0 Å². The molecule has 23 heavy (non-hydrogen) atoms. The Hall–Kier alpha value is -1.84. The summed E-state index contributed by atoms with van der Waals surface area (Å²) in [6.45, 7) is 2.87. The maximum atomic E-state index is 12.3. The monoisotopic (exact) mass is 316 g/mol. The third-order valence-corrected chi connectivity index (χ3v) is 4.53. The Morgan fingerprint density at radius 1 is 1.09 bits per heavy atom. The lowest BCUT2D eigenvalue weighted by Gasteiger charge is -2.22. The number of nitrogens with one attached hydrogen (secondary N) is 1. The number of carbonyl (C=O) groups is 2. The summed E-state index contributed by atoms with van der Waals surface area (Å²) in [5.41, 5.74) is 1.26. The van der Waals surface area contributed by atoms with Gasteiger partial charge in [0.25, 0.3) is 11.8 Å². The predicted molar refractivity (Wildman–Crippen MR) is 92.6 cm³/mol. The fraction of sp³-hybridized carbons (Fsp3) is 0.579. The number of unbranched alkanes of at least 4 members (excludes halogenated alkanes) is 1. The van der Waals surface area contributed by atoms with Crippen LogP contribution in [-0.2, 0) is 0 Å². The van der Waals surface area contributed by atoms with Gasteiger partial charge in [0.15, 0.2) is 0 Å². The van der Waals surface area contributed by atoms with Crippen molar-refractivity contribution < 1.29 is 9.59 Å². The standard InChI is InChI=1S/C19H28N2O2/c1-3-4-14-21(2)19(23)16-12-10-15(11-13-16)18(22)20-17-8-6-5-7-9-17/h10-13,17H,3-9,14H2,1-2H3,(H,20,22). The van der Waals surface area contributed by atoms with Crippen LogP contribution in [-0.4, -0.2) is 36.3 Å². The predicted octanol–water partition coefficient (Wildman–Crippen LogP) is 3.62. The molecule has 2 rings (SSSR count). The highest BCUT2D eigenvalue weighted by atomic mass is 16.2. The second-order valence-corrected chi connectivity index (χ2v) is 6.47. The third kappa shape index (κ3) is 5.08. The molecule has 1 saturated carbocycles. The van der Waals surface area contributed by atoms with Crippen molar-refractivity contribution in [1.82, 2.24) is 10.2 Å². The van der Waals surface area contributed by atoms with E-state index in [9.17, 15) is 9.59 Å². The summed E-state index contributed by atoms with van der Waals surface area (Å²) in [7, 11) is 1.82. The number of carbonyl (C=O) groups excluding carboxylic acids is 2. The molecule has 0 aliphatic heterocycles. The third-order valence-electron chi connectivity index (χ3n) is 4.53. The van der Waals surface area contributed by atoms with Gasteiger partial charge in [0, 0.05) is 30.8 Å². The van der Waals surface area contributed by atoms with E-state index in [1.54, 1.807) is 29.2 Å². The molecule has 0 unspecified atom stereocenters. The van der Waals surface area contributed by atoms with Crippen LogP contribution in [0.15, 0.2) is 24.3 Å². The van der Waals surface area contributed by atoms with Crippen LogP contribution < -0.4 is 5.32 Å². The van der Waals surface area contributed by atoms with E-state index in [1.165, 1.54) is 19.3 Å². The molecule has 0 radical (unpaired) electrons. The SMILES string of the molecule is CCCCN(C)C(=O)c1ccc(C(=O)NC2CCCCC2)cc1. The van der Waals surface area contributed by atoms with Gasteiger partial charge in [0.05, 0.1) is 0 Å². The first-order chi connectivity index (χ1) is 11.1. The molecule has 0 spiro atoms. The molecule has 1 aromatic carbocycles. The van der Waals surface area contributed by atoms with Crippen LogP contribution in [0.3, 0.4) is 0 Å². The summed E-state index contributed by atoms with van der Waals surface area (Å²) >= 11 is 0. The molecule has 126 valence electrons. The van der Waals surface area contributed by atoms with E-state index in [1.807, 2.05) is 7.05 Å². The van der Waals surface area contributed by atoms with Crippen molar-refractivity contribution in [2.24, 2.45) is 0 Å². The van der Waals surface area contributed by atoms with Gasteiger partial charge < -0.3 is 10.2 Å². The van der Waals surface area contributed by atoms with E-state index in [0.29, 0.717) is 17.2 Å². The summed E-state index contributed by atoms with van der Waals surface area (Å²) in [6.07, 6.45) is 7.89. The number of nitrogens with zero attached hydrogens (tertiary/aromatic N) is 1. The maximum absolute atomic E-state index is 12.3. The number of benzene rings is 1. The van der Waals surface area contributed by atoms with Crippen molar-refractivity contribution >= 4 is 11.8 Å². The number of rotatable bonds is 6. The van der Waals surface area contributed by atoms with E-state index in [4.69, 9.17) is 0 Å². The van der Waals surface area contributed by atoms with Crippen molar-refractivity contribution in [1.29, 1.82) is 0 Å². The van der Waals surface area contributed by atoms with Crippen molar-refractivity contribution in [3.8, 4) is 0 Å². The summed E-state index contributed by atoms with van der Waals surface area (Å²) in [6, 6.07) is 7.30. The van der Waals surface area contributed by atoms with Crippen molar-refractivity contribution in [3.63, 3.8) is 0 Å². The number of amides is 2. The second kappa shape index (κ2) is 8.70. The summed E-state index contributed by atoms with van der Waals surface area (Å²) in [4.78, 5) is 26.3. The van der Waals surface area contributed by atoms with Crippen molar-refractivity contribution in [2.75, 3.05) is 13.6 Å². The Labute approximate surface area is 139 Å². The van der Waals surface area contributed by atoms with Gasteiger partial charge in [-0.05, 0) is 43.5 Å². The van der Waals surface area contributed by atoms with Gasteiger partial charge in [-0.2, -0.15) is 0 Å². The Kier molecular flexibility index (Phi) is 6.63. The lowest BCUT2D eigenvalue weighted by Crippen LogP contribution is -2.36. The minimum Gasteiger partial charge on any atom is -0.349 e. The number of hydrogen-bond donors (Lipinski definition) is 1. The van der Waals surface area contributed by atoms with Gasteiger partial charge in [0.2, 0.25) is 0 Å². The van der Waals surface area contributed by atoms with Gasteiger partial charge in [-0.3, -0.25) is 9.59 Å². The molecule has 1 N–H and O–H groups in total. The molecule has 1 aliphatic rings. The molecule has 0 aromatic heterocycles. The van der Waals surface area contributed by atoms with Crippen LogP contribution in [0.2, 0.25) is 0 Å². The fourth-order valence-electron chi connectivity index (χ4n) is 3.00. The Balaban J connectivity index is 1.92. The zero-order chi connectivity index (χ0) is 16.7. The topological polar surface area (TPSA) is 49.4 Å². The first-order valence-electron chi connectivity index (χ1n) is 8.78. The lowest BCUT2D eigenvalue weighted by atomic mass is 9.95. The Bertz CT molecular complexity index is 519. The summed E-state index contributed by atoms with van der Waals surface area (Å²) in [5.74, 6) is -0.0204. The molecule has 2 amide bonds. The first-order valence-corrected chi connectivity index (χ1v) is 8.78. The van der Waals surface area contributed by atoms with Gasteiger partial charge in [0.1, 0.15) is 0 Å². The first kappa shape index (κ1) is 17.5. The van der Waals surface area contributed by atoms with Crippen LogP contribution in [0.5, 0.6) is 0 Å². The molecule has 4 heteroatoms. The molecule has 1 fully saturated rings. The maximum Gasteiger partial charge on any atom is 0.253 e. The van der Waals surface area contributed by atoms with Crippen molar-refractivity contribution in [2.45, 2.75) is 57.9 Å². The molecule has 0 heterocycles. The zero-order valence-corrected chi connectivity index (χ0v) is 14.3. The number of hydrogen-bond acceptors (Lipinski definition) is 2. The molecule has 1 aromatic rings. The van der Waals surface area contributed by atoms with Crippen LogP contribution in [0.25, 0.3) is 0 Å². The van der Waals surface area contributed by atoms with E-state index in [0.717, 1.165) is 32.2 Å². The average Bonchev–Trinajstić information content (AvgIpc) is 2.60. The fourth-order valence-corrected chi connectivity index (χ4v) is 3.00. The highest BCUT2D eigenvalue weighted by Crippen LogP contribution is 2.18. The zero-order valence-electron chi connectivity index (χ0n) is 14.3. The molecule has 0 atom stereocenters. The minimum atomic E-state index is -0.0322. The Morgan fingerprint density at radius 3 is 2.30 bits per heavy atom.